The minimum absolute atomic E-state index is 0.869. The van der Waals surface area contributed by atoms with Gasteiger partial charge in [-0.2, -0.15) is 0 Å². The molecule has 0 aliphatic heterocycles. The van der Waals surface area contributed by atoms with E-state index in [1.807, 2.05) is 19.9 Å². The van der Waals surface area contributed by atoms with Crippen LogP contribution in [-0.2, 0) is 0 Å². The van der Waals surface area contributed by atoms with Gasteiger partial charge in [0.25, 0.3) is 0 Å². The first-order valence-electron chi connectivity index (χ1n) is 4.91. The Hall–Kier alpha value is -1.31. The average Bonchev–Trinajstić information content (AvgIpc) is 2.08. The molecule has 0 fully saturated rings. The maximum absolute atomic E-state index is 4.39. The van der Waals surface area contributed by atoms with Gasteiger partial charge in [0, 0.05) is 12.2 Å². The van der Waals surface area contributed by atoms with Gasteiger partial charge in [0.05, 0.1) is 11.4 Å². The number of allylic oxidation sites excluding steroid dienone is 1. The molecule has 2 nitrogen and oxygen atoms in total. The Morgan fingerprint density at radius 2 is 2.07 bits per heavy atom. The third kappa shape index (κ3) is 3.21. The molecule has 0 bridgehead atoms. The highest BCUT2D eigenvalue weighted by atomic mass is 14.9. The van der Waals surface area contributed by atoms with Crippen molar-refractivity contribution in [3.05, 3.63) is 35.2 Å². The van der Waals surface area contributed by atoms with Gasteiger partial charge >= 0.3 is 0 Å². The predicted molar refractivity (Wildman–Crippen MR) is 61.6 cm³/mol. The van der Waals surface area contributed by atoms with Crippen molar-refractivity contribution >= 4 is 5.69 Å². The first kappa shape index (κ1) is 10.8. The van der Waals surface area contributed by atoms with E-state index in [1.165, 1.54) is 5.57 Å². The molecule has 0 radical (unpaired) electrons. The number of hydrogen-bond acceptors (Lipinski definition) is 2. The average molecular weight is 190 g/mol. The lowest BCUT2D eigenvalue weighted by molar-refractivity contribution is 1.11. The highest BCUT2D eigenvalue weighted by Gasteiger charge is 1.96. The topological polar surface area (TPSA) is 24.9 Å². The van der Waals surface area contributed by atoms with Gasteiger partial charge in [-0.1, -0.05) is 11.6 Å². The molecule has 0 aliphatic carbocycles. The molecule has 1 rings (SSSR count). The summed E-state index contributed by atoms with van der Waals surface area (Å²) in [5.74, 6) is 0. The van der Waals surface area contributed by atoms with Crippen LogP contribution in [0.25, 0.3) is 0 Å². The van der Waals surface area contributed by atoms with Crippen LogP contribution in [0, 0.1) is 13.8 Å². The smallest absolute Gasteiger partial charge is 0.0606 e. The van der Waals surface area contributed by atoms with Crippen molar-refractivity contribution in [1.82, 2.24) is 4.98 Å². The van der Waals surface area contributed by atoms with Crippen molar-refractivity contribution < 1.29 is 0 Å². The maximum atomic E-state index is 4.39. The zero-order chi connectivity index (χ0) is 10.6. The van der Waals surface area contributed by atoms with Crippen LogP contribution in [-0.4, -0.2) is 11.5 Å². The minimum atomic E-state index is 0.869. The Kier molecular flexibility index (Phi) is 3.69. The fourth-order valence-electron chi connectivity index (χ4n) is 1.24. The van der Waals surface area contributed by atoms with Crippen LogP contribution in [0.1, 0.15) is 25.2 Å². The first-order valence-corrected chi connectivity index (χ1v) is 4.91. The molecule has 2 heteroatoms. The standard InChI is InChI=1S/C12H18N2/c1-9(2)7-8-13-12-6-5-10(3)14-11(12)4/h5-7,13H,8H2,1-4H3. The van der Waals surface area contributed by atoms with E-state index < -0.39 is 0 Å². The minimum Gasteiger partial charge on any atom is -0.380 e. The van der Waals surface area contributed by atoms with Crippen molar-refractivity contribution in [3.63, 3.8) is 0 Å². The molecule has 0 spiro atoms. The monoisotopic (exact) mass is 190 g/mol. The van der Waals surface area contributed by atoms with E-state index in [4.69, 9.17) is 0 Å². The molecule has 0 aliphatic rings. The summed E-state index contributed by atoms with van der Waals surface area (Å²) in [7, 11) is 0. The molecular formula is C12H18N2. The zero-order valence-electron chi connectivity index (χ0n) is 9.39. The van der Waals surface area contributed by atoms with Gasteiger partial charge < -0.3 is 5.32 Å². The van der Waals surface area contributed by atoms with Crippen LogP contribution >= 0.6 is 0 Å². The Balaban J connectivity index is 2.64. The summed E-state index contributed by atoms with van der Waals surface area (Å²) < 4.78 is 0. The van der Waals surface area contributed by atoms with E-state index in [1.54, 1.807) is 0 Å². The Labute approximate surface area is 86.1 Å². The summed E-state index contributed by atoms with van der Waals surface area (Å²) >= 11 is 0. The van der Waals surface area contributed by atoms with E-state index in [9.17, 15) is 0 Å². The number of nitrogens with zero attached hydrogens (tertiary/aromatic N) is 1. The molecule has 0 saturated heterocycles. The summed E-state index contributed by atoms with van der Waals surface area (Å²) in [6, 6.07) is 4.11. The summed E-state index contributed by atoms with van der Waals surface area (Å²) in [6.45, 7) is 9.10. The molecule has 0 atom stereocenters. The quantitative estimate of drug-likeness (QED) is 0.741. The number of rotatable bonds is 3. The van der Waals surface area contributed by atoms with Gasteiger partial charge in [0.2, 0.25) is 0 Å². The van der Waals surface area contributed by atoms with Crippen LogP contribution in [0.4, 0.5) is 5.69 Å². The molecule has 0 saturated carbocycles. The lowest BCUT2D eigenvalue weighted by Crippen LogP contribution is -2.02. The number of aromatic nitrogens is 1. The summed E-state index contributed by atoms with van der Waals surface area (Å²) in [5, 5.41) is 3.33. The number of hydrogen-bond donors (Lipinski definition) is 1. The van der Waals surface area contributed by atoms with Crippen molar-refractivity contribution in [3.8, 4) is 0 Å². The second kappa shape index (κ2) is 4.80. The predicted octanol–water partition coefficient (Wildman–Crippen LogP) is 3.08. The zero-order valence-corrected chi connectivity index (χ0v) is 9.39. The van der Waals surface area contributed by atoms with Crippen LogP contribution < -0.4 is 5.32 Å². The van der Waals surface area contributed by atoms with E-state index in [-0.39, 0.29) is 0 Å². The highest BCUT2D eigenvalue weighted by Crippen LogP contribution is 2.11. The molecule has 1 heterocycles. The van der Waals surface area contributed by atoms with Crippen LogP contribution in [0.2, 0.25) is 0 Å². The number of aryl methyl sites for hydroxylation is 2. The molecule has 0 aromatic carbocycles. The van der Waals surface area contributed by atoms with Crippen LogP contribution in [0.15, 0.2) is 23.8 Å². The van der Waals surface area contributed by atoms with Crippen LogP contribution in [0.5, 0.6) is 0 Å². The molecule has 1 N–H and O–H groups in total. The molecule has 1 aromatic heterocycles. The Bertz CT molecular complexity index is 336. The Morgan fingerprint density at radius 1 is 1.36 bits per heavy atom. The van der Waals surface area contributed by atoms with E-state index in [2.05, 4.69) is 36.3 Å². The summed E-state index contributed by atoms with van der Waals surface area (Å²) in [6.07, 6.45) is 2.17. The van der Waals surface area contributed by atoms with Crippen molar-refractivity contribution in [2.24, 2.45) is 0 Å². The van der Waals surface area contributed by atoms with E-state index in [0.29, 0.717) is 0 Å². The molecule has 76 valence electrons. The van der Waals surface area contributed by atoms with Gasteiger partial charge in [-0.3, -0.25) is 4.98 Å². The summed E-state index contributed by atoms with van der Waals surface area (Å²) in [5.41, 5.74) is 4.57. The van der Waals surface area contributed by atoms with Crippen molar-refractivity contribution in [2.45, 2.75) is 27.7 Å². The Morgan fingerprint density at radius 3 is 2.64 bits per heavy atom. The third-order valence-corrected chi connectivity index (χ3v) is 2.03. The van der Waals surface area contributed by atoms with E-state index in [0.717, 1.165) is 23.6 Å². The van der Waals surface area contributed by atoms with Crippen molar-refractivity contribution in [1.29, 1.82) is 0 Å². The molecular weight excluding hydrogens is 172 g/mol. The van der Waals surface area contributed by atoms with Gasteiger partial charge in [-0.15, -0.1) is 0 Å². The summed E-state index contributed by atoms with van der Waals surface area (Å²) in [4.78, 5) is 4.39. The number of nitrogens with one attached hydrogen (secondary N) is 1. The van der Waals surface area contributed by atoms with Crippen molar-refractivity contribution in [2.75, 3.05) is 11.9 Å². The van der Waals surface area contributed by atoms with E-state index >= 15 is 0 Å². The van der Waals surface area contributed by atoms with Gasteiger partial charge in [0.1, 0.15) is 0 Å². The van der Waals surface area contributed by atoms with Gasteiger partial charge in [0.15, 0.2) is 0 Å². The highest BCUT2D eigenvalue weighted by molar-refractivity contribution is 5.48. The largest absolute Gasteiger partial charge is 0.380 e. The fraction of sp³-hybridized carbons (Fsp3) is 0.417. The third-order valence-electron chi connectivity index (χ3n) is 2.03. The van der Waals surface area contributed by atoms with Gasteiger partial charge in [-0.25, -0.2) is 0 Å². The second-order valence-electron chi connectivity index (χ2n) is 3.75. The molecule has 0 unspecified atom stereocenters. The number of pyridine rings is 1. The molecule has 0 amide bonds. The normalized spacial score (nSPS) is 9.71. The number of anilines is 1. The second-order valence-corrected chi connectivity index (χ2v) is 3.75. The molecule has 14 heavy (non-hydrogen) atoms. The lowest BCUT2D eigenvalue weighted by Gasteiger charge is -2.07. The first-order chi connectivity index (χ1) is 6.59. The fourth-order valence-corrected chi connectivity index (χ4v) is 1.24. The maximum Gasteiger partial charge on any atom is 0.0606 e. The molecule has 1 aromatic rings. The van der Waals surface area contributed by atoms with Gasteiger partial charge in [-0.05, 0) is 39.8 Å². The lowest BCUT2D eigenvalue weighted by atomic mass is 10.2. The van der Waals surface area contributed by atoms with Crippen LogP contribution in [0.3, 0.4) is 0 Å². The SMILES string of the molecule is CC(C)=CCNc1ccc(C)nc1C.